The molecule has 0 saturated heterocycles. The maximum atomic E-state index is 11.6. The molecule has 0 aromatic heterocycles. The van der Waals surface area contributed by atoms with Crippen LogP contribution in [0.25, 0.3) is 22.3 Å². The van der Waals surface area contributed by atoms with Crippen molar-refractivity contribution in [2.24, 2.45) is 0 Å². The van der Waals surface area contributed by atoms with Crippen molar-refractivity contribution in [3.8, 4) is 22.3 Å². The Morgan fingerprint density at radius 1 is 0.542 bits per heavy atom. The molecule has 0 bridgehead atoms. The van der Waals surface area contributed by atoms with Gasteiger partial charge >= 0.3 is 0 Å². The lowest BCUT2D eigenvalue weighted by molar-refractivity contribution is 0.109. The standard InChI is InChI=1S/C21H14O3/c22-12-16-10-11-17(13-23)21(20(16)14-24)19-9-5-4-8-18(19)15-6-2-1-3-7-15/h1-14H. The summed E-state index contributed by atoms with van der Waals surface area (Å²) in [4.78, 5) is 34.4. The van der Waals surface area contributed by atoms with Gasteiger partial charge < -0.3 is 0 Å². The molecule has 0 unspecified atom stereocenters. The molecule has 0 saturated carbocycles. The zero-order valence-electron chi connectivity index (χ0n) is 12.8. The number of hydrogen-bond acceptors (Lipinski definition) is 3. The van der Waals surface area contributed by atoms with Crippen molar-refractivity contribution >= 4 is 18.9 Å². The molecule has 0 radical (unpaired) electrons. The van der Waals surface area contributed by atoms with Gasteiger partial charge in [0.05, 0.1) is 0 Å². The Balaban J connectivity index is 2.37. The van der Waals surface area contributed by atoms with Crippen molar-refractivity contribution < 1.29 is 14.4 Å². The lowest BCUT2D eigenvalue weighted by Crippen LogP contribution is -2.00. The molecule has 0 amide bonds. The van der Waals surface area contributed by atoms with Crippen molar-refractivity contribution in [3.05, 3.63) is 83.4 Å². The molecule has 3 aromatic rings. The Bertz CT molecular complexity index is 912. The van der Waals surface area contributed by atoms with Crippen LogP contribution < -0.4 is 0 Å². The van der Waals surface area contributed by atoms with Gasteiger partial charge in [-0.15, -0.1) is 0 Å². The van der Waals surface area contributed by atoms with Crippen LogP contribution in [0.15, 0.2) is 66.7 Å². The molecule has 24 heavy (non-hydrogen) atoms. The van der Waals surface area contributed by atoms with Crippen molar-refractivity contribution in [2.75, 3.05) is 0 Å². The average molecular weight is 314 g/mol. The van der Waals surface area contributed by atoms with Crippen molar-refractivity contribution in [1.82, 2.24) is 0 Å². The highest BCUT2D eigenvalue weighted by molar-refractivity contribution is 6.05. The van der Waals surface area contributed by atoms with E-state index in [9.17, 15) is 14.4 Å². The summed E-state index contributed by atoms with van der Waals surface area (Å²) in [6, 6.07) is 20.3. The van der Waals surface area contributed by atoms with Gasteiger partial charge in [0.1, 0.15) is 0 Å². The number of benzene rings is 3. The summed E-state index contributed by atoms with van der Waals surface area (Å²) in [7, 11) is 0. The molecule has 3 aromatic carbocycles. The summed E-state index contributed by atoms with van der Waals surface area (Å²) >= 11 is 0. The monoisotopic (exact) mass is 314 g/mol. The van der Waals surface area contributed by atoms with E-state index >= 15 is 0 Å². The van der Waals surface area contributed by atoms with E-state index in [0.717, 1.165) is 16.7 Å². The number of hydrogen-bond donors (Lipinski definition) is 0. The van der Waals surface area contributed by atoms with Crippen LogP contribution in [0.2, 0.25) is 0 Å². The van der Waals surface area contributed by atoms with Crippen LogP contribution in [-0.2, 0) is 0 Å². The molecule has 3 nitrogen and oxygen atoms in total. The van der Waals surface area contributed by atoms with Crippen molar-refractivity contribution in [2.45, 2.75) is 0 Å². The largest absolute Gasteiger partial charge is 0.298 e. The van der Waals surface area contributed by atoms with Gasteiger partial charge in [0.25, 0.3) is 0 Å². The van der Waals surface area contributed by atoms with E-state index < -0.39 is 0 Å². The van der Waals surface area contributed by atoms with Crippen LogP contribution in [0.3, 0.4) is 0 Å². The third kappa shape index (κ3) is 2.68. The lowest BCUT2D eigenvalue weighted by Gasteiger charge is -2.15. The molecule has 116 valence electrons. The number of rotatable bonds is 5. The fourth-order valence-electron chi connectivity index (χ4n) is 2.85. The van der Waals surface area contributed by atoms with Gasteiger partial charge in [0, 0.05) is 22.3 Å². The van der Waals surface area contributed by atoms with Crippen LogP contribution in [-0.4, -0.2) is 18.9 Å². The van der Waals surface area contributed by atoms with E-state index in [-0.39, 0.29) is 11.1 Å². The van der Waals surface area contributed by atoms with Crippen molar-refractivity contribution in [1.29, 1.82) is 0 Å². The summed E-state index contributed by atoms with van der Waals surface area (Å²) in [5, 5.41) is 0. The topological polar surface area (TPSA) is 51.2 Å². The van der Waals surface area contributed by atoms with Crippen LogP contribution in [0.4, 0.5) is 0 Å². The third-order valence-electron chi connectivity index (χ3n) is 3.96. The zero-order chi connectivity index (χ0) is 16.9. The predicted octanol–water partition coefficient (Wildman–Crippen LogP) is 4.46. The summed E-state index contributed by atoms with van der Waals surface area (Å²) < 4.78 is 0. The second-order valence-corrected chi connectivity index (χ2v) is 5.30. The van der Waals surface area contributed by atoms with E-state index in [1.165, 1.54) is 6.07 Å². The Labute approximate surface area is 139 Å². The molecule has 0 N–H and O–H groups in total. The number of aldehydes is 3. The van der Waals surface area contributed by atoms with E-state index in [1.807, 2.05) is 54.6 Å². The predicted molar refractivity (Wildman–Crippen MR) is 93.5 cm³/mol. The van der Waals surface area contributed by atoms with E-state index in [2.05, 4.69) is 0 Å². The smallest absolute Gasteiger partial charge is 0.151 e. The minimum absolute atomic E-state index is 0.234. The summed E-state index contributed by atoms with van der Waals surface area (Å²) in [5.41, 5.74) is 3.99. The first kappa shape index (κ1) is 15.6. The fraction of sp³-hybridized carbons (Fsp3) is 0. The molecule has 3 heteroatoms. The lowest BCUT2D eigenvalue weighted by atomic mass is 9.87. The second-order valence-electron chi connectivity index (χ2n) is 5.30. The quantitative estimate of drug-likeness (QED) is 0.653. The van der Waals surface area contributed by atoms with Gasteiger partial charge in [-0.1, -0.05) is 66.7 Å². The molecule has 0 aliphatic heterocycles. The SMILES string of the molecule is O=Cc1ccc(C=O)c(-c2ccccc2-c2ccccc2)c1C=O. The maximum absolute atomic E-state index is 11.6. The van der Waals surface area contributed by atoms with E-state index in [1.54, 1.807) is 6.07 Å². The molecule has 0 fully saturated rings. The van der Waals surface area contributed by atoms with Gasteiger partial charge in [-0.05, 0) is 16.7 Å². The first-order valence-corrected chi connectivity index (χ1v) is 7.47. The minimum atomic E-state index is 0.234. The molecular weight excluding hydrogens is 300 g/mol. The zero-order valence-corrected chi connectivity index (χ0v) is 12.8. The molecule has 0 aliphatic carbocycles. The van der Waals surface area contributed by atoms with Crippen molar-refractivity contribution in [3.63, 3.8) is 0 Å². The highest BCUT2D eigenvalue weighted by Crippen LogP contribution is 2.36. The maximum Gasteiger partial charge on any atom is 0.151 e. The first-order valence-electron chi connectivity index (χ1n) is 7.47. The molecule has 0 aliphatic rings. The number of carbonyl (C=O) groups is 3. The molecule has 0 heterocycles. The number of carbonyl (C=O) groups excluding carboxylic acids is 3. The van der Waals surface area contributed by atoms with Crippen LogP contribution in [0.1, 0.15) is 31.1 Å². The summed E-state index contributed by atoms with van der Waals surface area (Å²) in [6.07, 6.45) is 1.97. The van der Waals surface area contributed by atoms with Crippen LogP contribution in [0, 0.1) is 0 Å². The minimum Gasteiger partial charge on any atom is -0.298 e. The Morgan fingerprint density at radius 2 is 1.12 bits per heavy atom. The Morgan fingerprint density at radius 3 is 1.75 bits per heavy atom. The summed E-state index contributed by atoms with van der Waals surface area (Å²) in [5.74, 6) is 0. The van der Waals surface area contributed by atoms with Gasteiger partial charge in [0.2, 0.25) is 0 Å². The van der Waals surface area contributed by atoms with E-state index in [4.69, 9.17) is 0 Å². The molecular formula is C21H14O3. The highest BCUT2D eigenvalue weighted by atomic mass is 16.1. The normalized spacial score (nSPS) is 10.2. The molecule has 3 rings (SSSR count). The Kier molecular flexibility index (Phi) is 4.43. The van der Waals surface area contributed by atoms with Gasteiger partial charge in [-0.25, -0.2) is 0 Å². The highest BCUT2D eigenvalue weighted by Gasteiger charge is 2.17. The van der Waals surface area contributed by atoms with E-state index in [0.29, 0.717) is 30.0 Å². The Hall–Kier alpha value is -3.33. The van der Waals surface area contributed by atoms with Gasteiger partial charge in [-0.2, -0.15) is 0 Å². The second kappa shape index (κ2) is 6.84. The molecule has 0 atom stereocenters. The average Bonchev–Trinajstić information content (AvgIpc) is 2.67. The molecule has 0 spiro atoms. The van der Waals surface area contributed by atoms with Gasteiger partial charge in [-0.3, -0.25) is 14.4 Å². The first-order chi connectivity index (χ1) is 11.8. The summed E-state index contributed by atoms with van der Waals surface area (Å²) in [6.45, 7) is 0. The van der Waals surface area contributed by atoms with Crippen LogP contribution in [0.5, 0.6) is 0 Å². The fourth-order valence-corrected chi connectivity index (χ4v) is 2.85. The van der Waals surface area contributed by atoms with Gasteiger partial charge in [0.15, 0.2) is 18.9 Å². The van der Waals surface area contributed by atoms with Crippen LogP contribution >= 0.6 is 0 Å². The third-order valence-corrected chi connectivity index (χ3v) is 3.96.